The van der Waals surface area contributed by atoms with Gasteiger partial charge >= 0.3 is 0 Å². The van der Waals surface area contributed by atoms with Crippen LogP contribution < -0.4 is 10.6 Å². The van der Waals surface area contributed by atoms with Crippen molar-refractivity contribution in [3.8, 4) is 0 Å². The summed E-state index contributed by atoms with van der Waals surface area (Å²) in [6.45, 7) is 4.86. The lowest BCUT2D eigenvalue weighted by atomic mass is 10.1. The fraction of sp³-hybridized carbons (Fsp3) is 0.417. The molecule has 1 aliphatic rings. The zero-order valence-corrected chi connectivity index (χ0v) is 9.16. The molecule has 80 valence electrons. The van der Waals surface area contributed by atoms with Crippen LogP contribution in [0.3, 0.4) is 0 Å². The Balaban J connectivity index is 2.31. The van der Waals surface area contributed by atoms with Gasteiger partial charge in [0.05, 0.1) is 6.04 Å². The van der Waals surface area contributed by atoms with Gasteiger partial charge in [-0.1, -0.05) is 6.07 Å². The first-order chi connectivity index (χ1) is 7.09. The summed E-state index contributed by atoms with van der Waals surface area (Å²) in [6.07, 6.45) is 0.756. The van der Waals surface area contributed by atoms with Crippen molar-refractivity contribution in [1.29, 1.82) is 0 Å². The number of amides is 1. The maximum atomic E-state index is 11.7. The molecule has 0 bridgehead atoms. The number of hydrogen-bond acceptors (Lipinski definition) is 2. The minimum Gasteiger partial charge on any atom is -0.320 e. The third-order valence-electron chi connectivity index (χ3n) is 3.05. The van der Waals surface area contributed by atoms with E-state index in [2.05, 4.69) is 13.8 Å². The highest BCUT2D eigenvalue weighted by Crippen LogP contribution is 2.23. The normalized spacial score (nSPS) is 21.1. The van der Waals surface area contributed by atoms with Crippen molar-refractivity contribution in [2.45, 2.75) is 26.3 Å². The van der Waals surface area contributed by atoms with Crippen molar-refractivity contribution in [3.05, 3.63) is 29.3 Å². The highest BCUT2D eigenvalue weighted by Gasteiger charge is 2.29. The molecule has 0 aliphatic carbocycles. The minimum atomic E-state index is -0.313. The lowest BCUT2D eigenvalue weighted by molar-refractivity contribution is -0.118. The van der Waals surface area contributed by atoms with Gasteiger partial charge in [0, 0.05) is 12.2 Å². The van der Waals surface area contributed by atoms with Crippen LogP contribution in [0.4, 0.5) is 5.69 Å². The maximum Gasteiger partial charge on any atom is 0.243 e. The fourth-order valence-electron chi connectivity index (χ4n) is 1.85. The zero-order chi connectivity index (χ0) is 11.0. The maximum absolute atomic E-state index is 11.7. The van der Waals surface area contributed by atoms with Crippen LogP contribution in [0.1, 0.15) is 17.5 Å². The molecule has 1 heterocycles. The molecule has 0 aromatic heterocycles. The first kappa shape index (κ1) is 10.2. The van der Waals surface area contributed by atoms with E-state index in [-0.39, 0.29) is 11.9 Å². The van der Waals surface area contributed by atoms with Gasteiger partial charge in [0.25, 0.3) is 0 Å². The number of benzene rings is 1. The Morgan fingerprint density at radius 2 is 2.07 bits per heavy atom. The molecule has 3 heteroatoms. The summed E-state index contributed by atoms with van der Waals surface area (Å²) in [7, 11) is 0. The average Bonchev–Trinajstić information content (AvgIpc) is 2.53. The number of hydrogen-bond donors (Lipinski definition) is 1. The summed E-state index contributed by atoms with van der Waals surface area (Å²) in [5.74, 6) is 0.0400. The van der Waals surface area contributed by atoms with Gasteiger partial charge in [-0.2, -0.15) is 0 Å². The Morgan fingerprint density at radius 1 is 1.33 bits per heavy atom. The van der Waals surface area contributed by atoms with Gasteiger partial charge in [-0.3, -0.25) is 4.79 Å². The predicted octanol–water partition coefficient (Wildman–Crippen LogP) is 1.37. The number of nitrogens with two attached hydrogens (primary N) is 1. The molecule has 1 atom stereocenters. The van der Waals surface area contributed by atoms with E-state index in [1.165, 1.54) is 11.1 Å². The number of anilines is 1. The van der Waals surface area contributed by atoms with Gasteiger partial charge in [0.1, 0.15) is 0 Å². The van der Waals surface area contributed by atoms with E-state index in [9.17, 15) is 4.79 Å². The molecule has 3 nitrogen and oxygen atoms in total. The first-order valence-electron chi connectivity index (χ1n) is 5.24. The van der Waals surface area contributed by atoms with Gasteiger partial charge in [-0.15, -0.1) is 0 Å². The van der Waals surface area contributed by atoms with Gasteiger partial charge in [0.15, 0.2) is 0 Å². The molecule has 0 saturated carbocycles. The van der Waals surface area contributed by atoms with Gasteiger partial charge in [-0.05, 0) is 43.5 Å². The van der Waals surface area contributed by atoms with Crippen molar-refractivity contribution < 1.29 is 4.79 Å². The SMILES string of the molecule is Cc1ccc(N2CC[C@H](N)C2=O)cc1C. The topological polar surface area (TPSA) is 46.3 Å². The van der Waals surface area contributed by atoms with Crippen molar-refractivity contribution >= 4 is 11.6 Å². The predicted molar refractivity (Wildman–Crippen MR) is 60.9 cm³/mol. The lowest BCUT2D eigenvalue weighted by Crippen LogP contribution is -2.33. The summed E-state index contributed by atoms with van der Waals surface area (Å²) in [4.78, 5) is 13.5. The molecule has 15 heavy (non-hydrogen) atoms. The molecule has 0 spiro atoms. The second-order valence-corrected chi connectivity index (χ2v) is 4.15. The second-order valence-electron chi connectivity index (χ2n) is 4.15. The van der Waals surface area contributed by atoms with E-state index < -0.39 is 0 Å². The number of nitrogens with zero attached hydrogens (tertiary/aromatic N) is 1. The van der Waals surface area contributed by atoms with Gasteiger partial charge < -0.3 is 10.6 Å². The molecule has 2 N–H and O–H groups in total. The van der Waals surface area contributed by atoms with Crippen LogP contribution in [0, 0.1) is 13.8 Å². The van der Waals surface area contributed by atoms with Crippen LogP contribution in [0.5, 0.6) is 0 Å². The summed E-state index contributed by atoms with van der Waals surface area (Å²) in [5, 5.41) is 0. The van der Waals surface area contributed by atoms with E-state index >= 15 is 0 Å². The molecule has 1 amide bonds. The molecule has 1 aromatic carbocycles. The van der Waals surface area contributed by atoms with Crippen LogP contribution in [0.2, 0.25) is 0 Å². The van der Waals surface area contributed by atoms with Crippen molar-refractivity contribution in [2.24, 2.45) is 5.73 Å². The Bertz CT molecular complexity index is 401. The zero-order valence-electron chi connectivity index (χ0n) is 9.16. The van der Waals surface area contributed by atoms with Crippen LogP contribution in [0.15, 0.2) is 18.2 Å². The van der Waals surface area contributed by atoms with Crippen LogP contribution in [0.25, 0.3) is 0 Å². The van der Waals surface area contributed by atoms with Crippen molar-refractivity contribution in [1.82, 2.24) is 0 Å². The highest BCUT2D eigenvalue weighted by atomic mass is 16.2. The summed E-state index contributed by atoms with van der Waals surface area (Å²) in [6, 6.07) is 5.76. The highest BCUT2D eigenvalue weighted by molar-refractivity contribution is 5.99. The Labute approximate surface area is 89.9 Å². The quantitative estimate of drug-likeness (QED) is 0.751. The van der Waals surface area contributed by atoms with Crippen molar-refractivity contribution in [2.75, 3.05) is 11.4 Å². The molecular weight excluding hydrogens is 188 g/mol. The van der Waals surface area contributed by atoms with E-state index in [1.54, 1.807) is 4.90 Å². The molecular formula is C12H16N2O. The molecule has 1 aromatic rings. The van der Waals surface area contributed by atoms with Gasteiger partial charge in [-0.25, -0.2) is 0 Å². The molecule has 2 rings (SSSR count). The van der Waals surface area contributed by atoms with E-state index in [0.29, 0.717) is 0 Å². The monoisotopic (exact) mass is 204 g/mol. The number of aryl methyl sites for hydroxylation is 2. The average molecular weight is 204 g/mol. The molecule has 1 fully saturated rings. The van der Waals surface area contributed by atoms with E-state index in [4.69, 9.17) is 5.73 Å². The summed E-state index contributed by atoms with van der Waals surface area (Å²) in [5.41, 5.74) is 9.11. The second kappa shape index (κ2) is 3.66. The molecule has 1 aliphatic heterocycles. The first-order valence-corrected chi connectivity index (χ1v) is 5.24. The Hall–Kier alpha value is -1.35. The van der Waals surface area contributed by atoms with E-state index in [1.807, 2.05) is 18.2 Å². The third-order valence-corrected chi connectivity index (χ3v) is 3.05. The molecule has 1 saturated heterocycles. The van der Waals surface area contributed by atoms with Crippen molar-refractivity contribution in [3.63, 3.8) is 0 Å². The summed E-state index contributed by atoms with van der Waals surface area (Å²) >= 11 is 0. The number of rotatable bonds is 1. The van der Waals surface area contributed by atoms with Gasteiger partial charge in [0.2, 0.25) is 5.91 Å². The summed E-state index contributed by atoms with van der Waals surface area (Å²) < 4.78 is 0. The third kappa shape index (κ3) is 1.75. The Morgan fingerprint density at radius 3 is 2.60 bits per heavy atom. The van der Waals surface area contributed by atoms with Crippen LogP contribution in [-0.2, 0) is 4.79 Å². The van der Waals surface area contributed by atoms with Crippen LogP contribution in [-0.4, -0.2) is 18.5 Å². The lowest BCUT2D eigenvalue weighted by Gasteiger charge is -2.17. The smallest absolute Gasteiger partial charge is 0.243 e. The van der Waals surface area contributed by atoms with E-state index in [0.717, 1.165) is 18.7 Å². The number of carbonyl (C=O) groups is 1. The van der Waals surface area contributed by atoms with Crippen LogP contribution >= 0.6 is 0 Å². The Kier molecular flexibility index (Phi) is 2.49. The number of carbonyl (C=O) groups excluding carboxylic acids is 1. The fourth-order valence-corrected chi connectivity index (χ4v) is 1.85. The largest absolute Gasteiger partial charge is 0.320 e. The molecule has 0 unspecified atom stereocenters. The minimum absolute atomic E-state index is 0.0400. The molecule has 0 radical (unpaired) electrons. The standard InChI is InChI=1S/C12H16N2O/c1-8-3-4-10(7-9(8)2)14-6-5-11(13)12(14)15/h3-4,7,11H,5-6,13H2,1-2H3/t11-/m0/s1.